The van der Waals surface area contributed by atoms with Gasteiger partial charge in [-0.05, 0) is 49.4 Å². The second-order valence-electron chi connectivity index (χ2n) is 6.19. The lowest BCUT2D eigenvalue weighted by Gasteiger charge is -2.29. The number of carbonyl (C=O) groups is 1. The van der Waals surface area contributed by atoms with Crippen molar-refractivity contribution in [2.24, 2.45) is 0 Å². The molecule has 1 aromatic heterocycles. The zero-order chi connectivity index (χ0) is 16.9. The third-order valence-electron chi connectivity index (χ3n) is 4.49. The van der Waals surface area contributed by atoms with Crippen molar-refractivity contribution < 1.29 is 17.1 Å². The number of amides is 1. The van der Waals surface area contributed by atoms with Crippen molar-refractivity contribution in [1.82, 2.24) is 9.78 Å². The van der Waals surface area contributed by atoms with Gasteiger partial charge in [0.25, 0.3) is 5.91 Å². The molecule has 1 saturated carbocycles. The van der Waals surface area contributed by atoms with Crippen LogP contribution in [0.4, 0.5) is 9.70 Å². The van der Waals surface area contributed by atoms with Crippen LogP contribution in [0.1, 0.15) is 41.1 Å². The smallest absolute Gasteiger partial charge is 0.293 e. The summed E-state index contributed by atoms with van der Waals surface area (Å²) < 4.78 is 36.6. The SMILES string of the molecule is O=C(c1ccc(S(=O)(=O)F)cc1)N1CCCn2ncc(C3CC3)c21. The van der Waals surface area contributed by atoms with Gasteiger partial charge in [-0.3, -0.25) is 9.69 Å². The van der Waals surface area contributed by atoms with Gasteiger partial charge < -0.3 is 0 Å². The standard InChI is InChI=1S/C16H16FN3O3S/c17-24(22,23)13-6-4-12(5-7-13)16(21)19-8-1-9-20-15(19)14(10-18-20)11-2-3-11/h4-7,10-11H,1-3,8-9H2. The molecular weight excluding hydrogens is 333 g/mol. The normalized spacial score (nSPS) is 17.6. The molecule has 1 aliphatic carbocycles. The van der Waals surface area contributed by atoms with E-state index in [1.54, 1.807) is 4.90 Å². The van der Waals surface area contributed by atoms with E-state index < -0.39 is 15.1 Å². The van der Waals surface area contributed by atoms with Gasteiger partial charge in [-0.2, -0.15) is 13.5 Å². The first kappa shape index (κ1) is 15.3. The van der Waals surface area contributed by atoms with E-state index in [1.165, 1.54) is 12.1 Å². The van der Waals surface area contributed by atoms with Crippen LogP contribution in [0, 0.1) is 0 Å². The zero-order valence-electron chi connectivity index (χ0n) is 12.9. The fraction of sp³-hybridized carbons (Fsp3) is 0.375. The van der Waals surface area contributed by atoms with Crippen LogP contribution in [0.2, 0.25) is 0 Å². The minimum absolute atomic E-state index is 0.221. The molecule has 4 rings (SSSR count). The Morgan fingerprint density at radius 2 is 1.88 bits per heavy atom. The van der Waals surface area contributed by atoms with Crippen LogP contribution in [0.25, 0.3) is 0 Å². The first-order chi connectivity index (χ1) is 11.4. The largest absolute Gasteiger partial charge is 0.332 e. The van der Waals surface area contributed by atoms with E-state index in [0.717, 1.165) is 49.3 Å². The van der Waals surface area contributed by atoms with Crippen molar-refractivity contribution in [2.75, 3.05) is 11.4 Å². The zero-order valence-corrected chi connectivity index (χ0v) is 13.7. The quantitative estimate of drug-likeness (QED) is 0.798. The lowest BCUT2D eigenvalue weighted by atomic mass is 10.1. The lowest BCUT2D eigenvalue weighted by Crippen LogP contribution is -2.38. The molecule has 0 spiro atoms. The number of aryl methyl sites for hydroxylation is 1. The van der Waals surface area contributed by atoms with Gasteiger partial charge in [-0.25, -0.2) is 4.68 Å². The number of halogens is 1. The van der Waals surface area contributed by atoms with E-state index in [-0.39, 0.29) is 5.91 Å². The molecule has 6 nitrogen and oxygen atoms in total. The van der Waals surface area contributed by atoms with Gasteiger partial charge >= 0.3 is 10.2 Å². The third kappa shape index (κ3) is 2.60. The third-order valence-corrected chi connectivity index (χ3v) is 5.33. The highest BCUT2D eigenvalue weighted by Crippen LogP contribution is 2.45. The molecule has 0 N–H and O–H groups in total. The van der Waals surface area contributed by atoms with Crippen LogP contribution in [0.15, 0.2) is 35.4 Å². The first-order valence-corrected chi connectivity index (χ1v) is 9.26. The number of hydrogen-bond acceptors (Lipinski definition) is 4. The minimum atomic E-state index is -4.76. The van der Waals surface area contributed by atoms with Crippen LogP contribution >= 0.6 is 0 Å². The molecule has 1 aliphatic heterocycles. The molecule has 2 heterocycles. The average Bonchev–Trinajstić information content (AvgIpc) is 3.32. The Morgan fingerprint density at radius 1 is 1.17 bits per heavy atom. The molecule has 0 unspecified atom stereocenters. The van der Waals surface area contributed by atoms with E-state index in [9.17, 15) is 17.1 Å². The first-order valence-electron chi connectivity index (χ1n) is 7.87. The molecule has 0 radical (unpaired) electrons. The van der Waals surface area contributed by atoms with E-state index in [4.69, 9.17) is 0 Å². The molecule has 1 fully saturated rings. The summed E-state index contributed by atoms with van der Waals surface area (Å²) in [5, 5.41) is 4.38. The van der Waals surface area contributed by atoms with Crippen molar-refractivity contribution in [3.05, 3.63) is 41.6 Å². The van der Waals surface area contributed by atoms with E-state index in [1.807, 2.05) is 10.9 Å². The molecule has 0 bridgehead atoms. The Bertz CT molecular complexity index is 901. The highest BCUT2D eigenvalue weighted by Gasteiger charge is 2.34. The summed E-state index contributed by atoms with van der Waals surface area (Å²) in [7, 11) is -4.76. The second-order valence-corrected chi connectivity index (χ2v) is 7.54. The highest BCUT2D eigenvalue weighted by molar-refractivity contribution is 7.86. The number of rotatable bonds is 3. The van der Waals surface area contributed by atoms with Crippen LogP contribution in [0.3, 0.4) is 0 Å². The van der Waals surface area contributed by atoms with Crippen molar-refractivity contribution in [3.8, 4) is 0 Å². The Balaban J connectivity index is 1.68. The van der Waals surface area contributed by atoms with Crippen molar-refractivity contribution >= 4 is 21.9 Å². The Kier molecular flexibility index (Phi) is 3.45. The molecule has 2 aromatic rings. The van der Waals surface area contributed by atoms with Crippen LogP contribution in [0.5, 0.6) is 0 Å². The lowest BCUT2D eigenvalue weighted by molar-refractivity contribution is 0.0981. The summed E-state index contributed by atoms with van der Waals surface area (Å²) in [6.45, 7) is 1.37. The monoisotopic (exact) mass is 349 g/mol. The topological polar surface area (TPSA) is 72.3 Å². The fourth-order valence-electron chi connectivity index (χ4n) is 3.13. The summed E-state index contributed by atoms with van der Waals surface area (Å²) in [6.07, 6.45) is 4.88. The molecule has 1 aromatic carbocycles. The summed E-state index contributed by atoms with van der Waals surface area (Å²) in [5.41, 5.74) is 1.44. The number of anilines is 1. The van der Waals surface area contributed by atoms with Crippen LogP contribution in [-0.2, 0) is 16.8 Å². The van der Waals surface area contributed by atoms with Gasteiger partial charge in [-0.15, -0.1) is 3.89 Å². The maximum atomic E-state index is 13.0. The van der Waals surface area contributed by atoms with Crippen molar-refractivity contribution in [3.63, 3.8) is 0 Å². The summed E-state index contributed by atoms with van der Waals surface area (Å²) in [4.78, 5) is 14.1. The van der Waals surface area contributed by atoms with Gasteiger partial charge in [0.15, 0.2) is 0 Å². The molecule has 2 aliphatic rings. The fourth-order valence-corrected chi connectivity index (χ4v) is 3.59. The second kappa shape index (κ2) is 5.41. The van der Waals surface area contributed by atoms with E-state index >= 15 is 0 Å². The minimum Gasteiger partial charge on any atom is -0.293 e. The van der Waals surface area contributed by atoms with Gasteiger partial charge in [0.1, 0.15) is 5.82 Å². The molecule has 0 saturated heterocycles. The maximum absolute atomic E-state index is 13.0. The molecular formula is C16H16FN3O3S. The number of benzene rings is 1. The number of fused-ring (bicyclic) bond motifs is 1. The van der Waals surface area contributed by atoms with Crippen LogP contribution < -0.4 is 4.90 Å². The highest BCUT2D eigenvalue weighted by atomic mass is 32.3. The summed E-state index contributed by atoms with van der Waals surface area (Å²) in [6, 6.07) is 4.93. The van der Waals surface area contributed by atoms with E-state index in [2.05, 4.69) is 5.10 Å². The Labute approximate surface area is 139 Å². The Hall–Kier alpha value is -2.22. The van der Waals surface area contributed by atoms with Crippen molar-refractivity contribution in [2.45, 2.75) is 36.6 Å². The summed E-state index contributed by atoms with van der Waals surface area (Å²) in [5.74, 6) is 1.10. The number of hydrogen-bond donors (Lipinski definition) is 0. The summed E-state index contributed by atoms with van der Waals surface area (Å²) >= 11 is 0. The maximum Gasteiger partial charge on any atom is 0.332 e. The van der Waals surface area contributed by atoms with Crippen LogP contribution in [-0.4, -0.2) is 30.7 Å². The van der Waals surface area contributed by atoms with Gasteiger partial charge in [-0.1, -0.05) is 0 Å². The van der Waals surface area contributed by atoms with E-state index in [0.29, 0.717) is 18.0 Å². The van der Waals surface area contributed by atoms with Gasteiger partial charge in [0, 0.05) is 24.2 Å². The predicted molar refractivity (Wildman–Crippen MR) is 85.2 cm³/mol. The molecule has 24 heavy (non-hydrogen) atoms. The van der Waals surface area contributed by atoms with Gasteiger partial charge in [0.2, 0.25) is 0 Å². The number of nitrogens with zero attached hydrogens (tertiary/aromatic N) is 3. The van der Waals surface area contributed by atoms with Gasteiger partial charge in [0.05, 0.1) is 11.1 Å². The van der Waals surface area contributed by atoms with Crippen molar-refractivity contribution in [1.29, 1.82) is 0 Å². The molecule has 0 atom stereocenters. The molecule has 8 heteroatoms. The molecule has 126 valence electrons. The average molecular weight is 349 g/mol. The predicted octanol–water partition coefficient (Wildman–Crippen LogP) is 2.47. The Morgan fingerprint density at radius 3 is 2.50 bits per heavy atom. The number of aromatic nitrogens is 2. The number of carbonyl (C=O) groups excluding carboxylic acids is 1. The molecule has 1 amide bonds.